The standard InChI is InChI=1S/C13H18BrNO2.ClH/c1-16-12-6-9(10(14)7-13(12)17-2)11(15)5-8-3-4-8;/h6-8,11H,3-5,15H2,1-2H3;1H/t11-;/m1./s1. The number of ether oxygens (including phenoxy) is 2. The minimum Gasteiger partial charge on any atom is -0.493 e. The second kappa shape index (κ2) is 6.64. The van der Waals surface area contributed by atoms with Gasteiger partial charge in [0.05, 0.1) is 14.2 Å². The molecule has 0 bridgehead atoms. The summed E-state index contributed by atoms with van der Waals surface area (Å²) in [4.78, 5) is 0. The van der Waals surface area contributed by atoms with Crippen molar-refractivity contribution in [1.82, 2.24) is 0 Å². The Bertz CT molecular complexity index is 410. The van der Waals surface area contributed by atoms with Gasteiger partial charge in [0.1, 0.15) is 0 Å². The lowest BCUT2D eigenvalue weighted by Gasteiger charge is -2.16. The monoisotopic (exact) mass is 335 g/mol. The van der Waals surface area contributed by atoms with E-state index in [9.17, 15) is 0 Å². The quantitative estimate of drug-likeness (QED) is 0.892. The summed E-state index contributed by atoms with van der Waals surface area (Å²) in [5.41, 5.74) is 7.32. The summed E-state index contributed by atoms with van der Waals surface area (Å²) in [7, 11) is 3.27. The van der Waals surface area contributed by atoms with E-state index in [-0.39, 0.29) is 18.4 Å². The lowest BCUT2D eigenvalue weighted by molar-refractivity contribution is 0.353. The molecule has 0 spiro atoms. The van der Waals surface area contributed by atoms with Crippen LogP contribution in [0.1, 0.15) is 30.9 Å². The Morgan fingerprint density at radius 2 is 1.83 bits per heavy atom. The Kier molecular flexibility index (Phi) is 5.76. The molecule has 1 saturated carbocycles. The molecular weight excluding hydrogens is 318 g/mol. The SMILES string of the molecule is COc1cc(Br)c([C@H](N)CC2CC2)cc1OC.Cl. The van der Waals surface area contributed by atoms with Crippen molar-refractivity contribution in [2.45, 2.75) is 25.3 Å². The molecule has 5 heteroatoms. The number of benzene rings is 1. The average Bonchev–Trinajstić information content (AvgIpc) is 3.12. The van der Waals surface area contributed by atoms with Crippen LogP contribution in [-0.4, -0.2) is 14.2 Å². The van der Waals surface area contributed by atoms with E-state index >= 15 is 0 Å². The summed E-state index contributed by atoms with van der Waals surface area (Å²) >= 11 is 3.55. The normalized spacial score (nSPS) is 15.8. The van der Waals surface area contributed by atoms with E-state index in [4.69, 9.17) is 15.2 Å². The maximum absolute atomic E-state index is 6.23. The molecule has 0 radical (unpaired) electrons. The second-order valence-corrected chi connectivity index (χ2v) is 5.37. The summed E-state index contributed by atoms with van der Waals surface area (Å²) in [6.45, 7) is 0. The highest BCUT2D eigenvalue weighted by Crippen LogP contribution is 2.41. The smallest absolute Gasteiger partial charge is 0.161 e. The Morgan fingerprint density at radius 1 is 1.28 bits per heavy atom. The van der Waals surface area contributed by atoms with Crippen LogP contribution in [0.5, 0.6) is 11.5 Å². The zero-order chi connectivity index (χ0) is 12.4. The minimum atomic E-state index is 0. The molecule has 0 aromatic heterocycles. The molecule has 102 valence electrons. The number of rotatable bonds is 5. The summed E-state index contributed by atoms with van der Waals surface area (Å²) in [6.07, 6.45) is 3.69. The fourth-order valence-electron chi connectivity index (χ4n) is 1.99. The van der Waals surface area contributed by atoms with Crippen LogP contribution >= 0.6 is 28.3 Å². The van der Waals surface area contributed by atoms with E-state index < -0.39 is 0 Å². The van der Waals surface area contributed by atoms with E-state index in [1.165, 1.54) is 12.8 Å². The molecule has 0 unspecified atom stereocenters. The van der Waals surface area contributed by atoms with E-state index in [1.807, 2.05) is 12.1 Å². The molecule has 1 aliphatic carbocycles. The van der Waals surface area contributed by atoms with Crippen molar-refractivity contribution >= 4 is 28.3 Å². The van der Waals surface area contributed by atoms with Crippen molar-refractivity contribution in [3.63, 3.8) is 0 Å². The maximum atomic E-state index is 6.23. The molecule has 1 aromatic rings. The van der Waals surface area contributed by atoms with Crippen LogP contribution < -0.4 is 15.2 Å². The fraction of sp³-hybridized carbons (Fsp3) is 0.538. The van der Waals surface area contributed by atoms with E-state index in [0.717, 1.165) is 33.9 Å². The first kappa shape index (κ1) is 15.6. The first-order chi connectivity index (χ1) is 8.15. The largest absolute Gasteiger partial charge is 0.493 e. The van der Waals surface area contributed by atoms with E-state index in [0.29, 0.717) is 0 Å². The van der Waals surface area contributed by atoms with Gasteiger partial charge in [-0.25, -0.2) is 0 Å². The van der Waals surface area contributed by atoms with Crippen molar-refractivity contribution in [2.75, 3.05) is 14.2 Å². The van der Waals surface area contributed by atoms with Crippen molar-refractivity contribution in [3.8, 4) is 11.5 Å². The van der Waals surface area contributed by atoms with Gasteiger partial charge in [-0.2, -0.15) is 0 Å². The van der Waals surface area contributed by atoms with E-state index in [2.05, 4.69) is 15.9 Å². The lowest BCUT2D eigenvalue weighted by atomic mass is 10.0. The number of hydrogen-bond donors (Lipinski definition) is 1. The van der Waals surface area contributed by atoms with Gasteiger partial charge in [-0.3, -0.25) is 0 Å². The Morgan fingerprint density at radius 3 is 2.33 bits per heavy atom. The van der Waals surface area contributed by atoms with Crippen LogP contribution in [0.15, 0.2) is 16.6 Å². The van der Waals surface area contributed by atoms with Gasteiger partial charge in [-0.05, 0) is 30.0 Å². The van der Waals surface area contributed by atoms with E-state index in [1.54, 1.807) is 14.2 Å². The average molecular weight is 337 g/mol. The molecule has 1 fully saturated rings. The van der Waals surface area contributed by atoms with Crippen molar-refractivity contribution in [1.29, 1.82) is 0 Å². The predicted octanol–water partition coefficient (Wildman–Crippen LogP) is 3.69. The van der Waals surface area contributed by atoms with Crippen molar-refractivity contribution < 1.29 is 9.47 Å². The molecule has 18 heavy (non-hydrogen) atoms. The first-order valence-electron chi connectivity index (χ1n) is 5.82. The topological polar surface area (TPSA) is 44.5 Å². The van der Waals surface area contributed by atoms with Crippen LogP contribution in [0, 0.1) is 5.92 Å². The Balaban J connectivity index is 0.00000162. The Hall–Kier alpha value is -0.450. The third kappa shape index (κ3) is 3.53. The maximum Gasteiger partial charge on any atom is 0.161 e. The van der Waals surface area contributed by atoms with Gasteiger partial charge in [0, 0.05) is 10.5 Å². The molecular formula is C13H19BrClNO2. The number of halogens is 2. The molecule has 2 rings (SSSR count). The van der Waals surface area contributed by atoms with Gasteiger partial charge in [0.25, 0.3) is 0 Å². The summed E-state index contributed by atoms with van der Waals surface area (Å²) in [6, 6.07) is 3.95. The highest BCUT2D eigenvalue weighted by atomic mass is 79.9. The number of nitrogens with two attached hydrogens (primary N) is 1. The molecule has 1 atom stereocenters. The summed E-state index contributed by atoms with van der Waals surface area (Å²) < 4.78 is 11.5. The molecule has 3 nitrogen and oxygen atoms in total. The summed E-state index contributed by atoms with van der Waals surface area (Å²) in [5.74, 6) is 2.27. The minimum absolute atomic E-state index is 0. The first-order valence-corrected chi connectivity index (χ1v) is 6.62. The fourth-order valence-corrected chi connectivity index (χ4v) is 2.61. The zero-order valence-corrected chi connectivity index (χ0v) is 13.0. The van der Waals surface area contributed by atoms with Gasteiger partial charge < -0.3 is 15.2 Å². The Labute approximate surface area is 123 Å². The van der Waals surface area contributed by atoms with Crippen LogP contribution in [0.4, 0.5) is 0 Å². The molecule has 0 heterocycles. The van der Waals surface area contributed by atoms with Crippen LogP contribution in [-0.2, 0) is 0 Å². The predicted molar refractivity (Wildman–Crippen MR) is 78.8 cm³/mol. The molecule has 0 aliphatic heterocycles. The lowest BCUT2D eigenvalue weighted by Crippen LogP contribution is -2.12. The zero-order valence-electron chi connectivity index (χ0n) is 10.6. The van der Waals surface area contributed by atoms with Crippen molar-refractivity contribution in [3.05, 3.63) is 22.2 Å². The van der Waals surface area contributed by atoms with Gasteiger partial charge >= 0.3 is 0 Å². The van der Waals surface area contributed by atoms with Crippen LogP contribution in [0.2, 0.25) is 0 Å². The third-order valence-electron chi connectivity index (χ3n) is 3.19. The van der Waals surface area contributed by atoms with Gasteiger partial charge in [0.15, 0.2) is 11.5 Å². The van der Waals surface area contributed by atoms with Crippen LogP contribution in [0.3, 0.4) is 0 Å². The molecule has 2 N–H and O–H groups in total. The molecule has 0 amide bonds. The molecule has 1 aromatic carbocycles. The molecule has 1 aliphatic rings. The number of methoxy groups -OCH3 is 2. The summed E-state index contributed by atoms with van der Waals surface area (Å²) in [5, 5.41) is 0. The third-order valence-corrected chi connectivity index (χ3v) is 3.87. The van der Waals surface area contributed by atoms with Gasteiger partial charge in [-0.15, -0.1) is 12.4 Å². The van der Waals surface area contributed by atoms with Crippen LogP contribution in [0.25, 0.3) is 0 Å². The van der Waals surface area contributed by atoms with Gasteiger partial charge in [-0.1, -0.05) is 28.8 Å². The van der Waals surface area contributed by atoms with Crippen molar-refractivity contribution in [2.24, 2.45) is 11.7 Å². The van der Waals surface area contributed by atoms with Gasteiger partial charge in [0.2, 0.25) is 0 Å². The second-order valence-electron chi connectivity index (χ2n) is 4.51. The highest BCUT2D eigenvalue weighted by molar-refractivity contribution is 9.10. The molecule has 0 saturated heterocycles. The number of hydrogen-bond acceptors (Lipinski definition) is 3. The highest BCUT2D eigenvalue weighted by Gasteiger charge is 2.26.